The lowest BCUT2D eigenvalue weighted by atomic mass is 10.0. The Labute approximate surface area is 209 Å². The van der Waals surface area contributed by atoms with Crippen LogP contribution in [0.5, 0.6) is 0 Å². The minimum absolute atomic E-state index is 0.112. The molecule has 186 valence electrons. The maximum Gasteiger partial charge on any atom is 0.305 e. The van der Waals surface area contributed by atoms with Crippen molar-refractivity contribution in [1.29, 1.82) is 0 Å². The van der Waals surface area contributed by atoms with Crippen LogP contribution in [0.3, 0.4) is 0 Å². The Balaban J connectivity index is 1.58. The summed E-state index contributed by atoms with van der Waals surface area (Å²) >= 11 is 0. The number of hydrogen-bond donors (Lipinski definition) is 1. The van der Waals surface area contributed by atoms with Gasteiger partial charge in [-0.3, -0.25) is 14.5 Å². The molecule has 0 spiro atoms. The zero-order valence-corrected chi connectivity index (χ0v) is 20.7. The monoisotopic (exact) mass is 475 g/mol. The molecular weight excluding hydrogens is 438 g/mol. The van der Waals surface area contributed by atoms with Crippen LogP contribution in [0, 0.1) is 0 Å². The van der Waals surface area contributed by atoms with Crippen molar-refractivity contribution in [2.24, 2.45) is 0 Å². The fourth-order valence-electron chi connectivity index (χ4n) is 4.25. The normalized spacial score (nSPS) is 12.7. The zero-order chi connectivity index (χ0) is 24.9. The van der Waals surface area contributed by atoms with Gasteiger partial charge in [0, 0.05) is 26.1 Å². The summed E-state index contributed by atoms with van der Waals surface area (Å²) in [6.45, 7) is 4.35. The molecule has 1 aliphatic carbocycles. The van der Waals surface area contributed by atoms with E-state index in [9.17, 15) is 9.59 Å². The molecule has 0 saturated heterocycles. The largest absolute Gasteiger partial charge is 0.464 e. The summed E-state index contributed by atoms with van der Waals surface area (Å²) in [6, 6.07) is 16.6. The van der Waals surface area contributed by atoms with Crippen molar-refractivity contribution in [2.75, 3.05) is 26.3 Å². The summed E-state index contributed by atoms with van der Waals surface area (Å²) in [4.78, 5) is 25.7. The van der Waals surface area contributed by atoms with Crippen molar-refractivity contribution in [2.45, 2.75) is 52.0 Å². The summed E-state index contributed by atoms with van der Waals surface area (Å²) in [5.74, 6) is -0.424. The number of unbranched alkanes of at least 4 members (excludes halogenated alkanes) is 2. The van der Waals surface area contributed by atoms with Gasteiger partial charge < -0.3 is 9.84 Å². The number of allylic oxidation sites excluding steroid dienone is 1. The Bertz CT molecular complexity index is 1020. The van der Waals surface area contributed by atoms with Crippen molar-refractivity contribution in [3.8, 4) is 0 Å². The number of aliphatic hydroxyl groups excluding tert-OH is 1. The first-order valence-corrected chi connectivity index (χ1v) is 12.6. The van der Waals surface area contributed by atoms with Crippen LogP contribution < -0.4 is 0 Å². The molecule has 0 fully saturated rings. The van der Waals surface area contributed by atoms with Gasteiger partial charge in [-0.15, -0.1) is 0 Å². The maximum atomic E-state index is 12.0. The van der Waals surface area contributed by atoms with Crippen LogP contribution in [0.15, 0.2) is 60.7 Å². The molecule has 0 radical (unpaired) electrons. The van der Waals surface area contributed by atoms with Crippen LogP contribution in [0.1, 0.15) is 61.3 Å². The molecule has 2 aromatic rings. The molecule has 3 rings (SSSR count). The van der Waals surface area contributed by atoms with E-state index in [2.05, 4.69) is 54.3 Å². The van der Waals surface area contributed by atoms with Crippen LogP contribution in [0.2, 0.25) is 0 Å². The highest BCUT2D eigenvalue weighted by atomic mass is 16.5. The number of carbonyl (C=O) groups excluding carboxylic acids is 2. The van der Waals surface area contributed by atoms with Gasteiger partial charge in [0.15, 0.2) is 5.78 Å². The average Bonchev–Trinajstić information content (AvgIpc) is 3.29. The summed E-state index contributed by atoms with van der Waals surface area (Å²) < 4.78 is 5.51. The van der Waals surface area contributed by atoms with E-state index in [0.717, 1.165) is 56.3 Å². The molecule has 0 atom stereocenters. The molecule has 0 unspecified atom stereocenters. The van der Waals surface area contributed by atoms with Gasteiger partial charge in [-0.1, -0.05) is 80.4 Å². The highest BCUT2D eigenvalue weighted by Crippen LogP contribution is 2.29. The fourth-order valence-corrected chi connectivity index (χ4v) is 4.25. The molecule has 5 nitrogen and oxygen atoms in total. The summed E-state index contributed by atoms with van der Waals surface area (Å²) in [5.41, 5.74) is 6.19. The van der Waals surface area contributed by atoms with Gasteiger partial charge in [0.2, 0.25) is 0 Å². The van der Waals surface area contributed by atoms with Crippen LogP contribution in [-0.4, -0.2) is 48.1 Å². The molecule has 0 heterocycles. The number of aliphatic hydroxyl groups is 1. The minimum atomic E-state index is -0.479. The molecule has 1 N–H and O–H groups in total. The number of ketones is 1. The van der Waals surface area contributed by atoms with E-state index in [0.29, 0.717) is 19.6 Å². The van der Waals surface area contributed by atoms with Gasteiger partial charge in [0.05, 0.1) is 0 Å². The molecule has 5 heteroatoms. The Morgan fingerprint density at radius 2 is 1.86 bits per heavy atom. The van der Waals surface area contributed by atoms with E-state index < -0.39 is 6.61 Å². The summed E-state index contributed by atoms with van der Waals surface area (Å²) in [6.07, 6.45) is 10.9. The van der Waals surface area contributed by atoms with Crippen molar-refractivity contribution in [1.82, 2.24) is 4.90 Å². The fraction of sp³-hybridized carbons (Fsp3) is 0.400. The highest BCUT2D eigenvalue weighted by molar-refractivity contribution is 5.94. The quantitative estimate of drug-likeness (QED) is 0.217. The second kappa shape index (κ2) is 14.4. The number of hydrogen-bond acceptors (Lipinski definition) is 5. The summed E-state index contributed by atoms with van der Waals surface area (Å²) in [5, 5.41) is 8.86. The van der Waals surface area contributed by atoms with Gasteiger partial charge in [0.25, 0.3) is 0 Å². The van der Waals surface area contributed by atoms with Crippen molar-refractivity contribution in [3.63, 3.8) is 0 Å². The van der Waals surface area contributed by atoms with E-state index in [1.165, 1.54) is 22.8 Å². The minimum Gasteiger partial charge on any atom is -0.464 e. The first-order chi connectivity index (χ1) is 17.1. The summed E-state index contributed by atoms with van der Waals surface area (Å²) in [7, 11) is 0. The molecule has 2 aromatic carbocycles. The van der Waals surface area contributed by atoms with E-state index in [1.807, 2.05) is 12.1 Å². The van der Waals surface area contributed by atoms with E-state index in [4.69, 9.17) is 9.84 Å². The van der Waals surface area contributed by atoms with Crippen LogP contribution in [-0.2, 0) is 27.3 Å². The lowest BCUT2D eigenvalue weighted by Crippen LogP contribution is -2.29. The smallest absolute Gasteiger partial charge is 0.305 e. The number of benzene rings is 2. The van der Waals surface area contributed by atoms with Gasteiger partial charge in [-0.05, 0) is 53.2 Å². The number of ether oxygens (including phenoxy) is 1. The second-order valence-electron chi connectivity index (χ2n) is 8.99. The Kier molecular flexibility index (Phi) is 10.9. The number of fused-ring (bicyclic) bond motifs is 1. The van der Waals surface area contributed by atoms with Gasteiger partial charge in [0.1, 0.15) is 13.2 Å². The highest BCUT2D eigenvalue weighted by Gasteiger charge is 2.15. The van der Waals surface area contributed by atoms with E-state index in [1.54, 1.807) is 6.08 Å². The predicted octanol–water partition coefficient (Wildman–Crippen LogP) is 5.22. The molecule has 0 aliphatic heterocycles. The van der Waals surface area contributed by atoms with Crippen molar-refractivity contribution < 1.29 is 19.4 Å². The third-order valence-corrected chi connectivity index (χ3v) is 6.29. The van der Waals surface area contributed by atoms with Crippen LogP contribution in [0.25, 0.3) is 11.6 Å². The topological polar surface area (TPSA) is 66.8 Å². The third kappa shape index (κ3) is 8.93. The maximum absolute atomic E-state index is 12.0. The third-order valence-electron chi connectivity index (χ3n) is 6.29. The van der Waals surface area contributed by atoms with Crippen molar-refractivity contribution >= 4 is 23.4 Å². The SMILES string of the molecule is CCCCCC(=O)OCCN(CCC1=CCc2ccccc21)Cc1ccc(/C=C/C(=O)CO)cc1. The lowest BCUT2D eigenvalue weighted by Gasteiger charge is -2.23. The Morgan fingerprint density at radius 1 is 1.06 bits per heavy atom. The number of carbonyl (C=O) groups is 2. The van der Waals surface area contributed by atoms with Crippen LogP contribution in [0.4, 0.5) is 0 Å². The molecule has 0 aromatic heterocycles. The van der Waals surface area contributed by atoms with Gasteiger partial charge >= 0.3 is 5.97 Å². The lowest BCUT2D eigenvalue weighted by molar-refractivity contribution is -0.144. The van der Waals surface area contributed by atoms with Gasteiger partial charge in [-0.25, -0.2) is 0 Å². The standard InChI is InChI=1S/C30H37NO4/c1-2-3-4-9-30(34)35-21-20-31(19-18-27-16-15-26-7-5-6-8-29(26)27)22-25-12-10-24(11-13-25)14-17-28(33)23-32/h5-8,10-14,16-17,32H,2-4,9,15,18-23H2,1H3/b17-14+. The van der Waals surface area contributed by atoms with E-state index in [-0.39, 0.29) is 11.8 Å². The molecule has 1 aliphatic rings. The number of nitrogens with zero attached hydrogens (tertiary/aromatic N) is 1. The molecular formula is C30H37NO4. The average molecular weight is 476 g/mol. The molecule has 0 amide bonds. The predicted molar refractivity (Wildman–Crippen MR) is 141 cm³/mol. The number of rotatable bonds is 15. The van der Waals surface area contributed by atoms with Crippen molar-refractivity contribution in [3.05, 3.63) is 82.9 Å². The Morgan fingerprint density at radius 3 is 2.63 bits per heavy atom. The number of esters is 1. The molecule has 0 bridgehead atoms. The molecule has 35 heavy (non-hydrogen) atoms. The first-order valence-electron chi connectivity index (χ1n) is 12.6. The molecule has 0 saturated carbocycles. The van der Waals surface area contributed by atoms with Gasteiger partial charge in [-0.2, -0.15) is 0 Å². The second-order valence-corrected chi connectivity index (χ2v) is 8.99. The van der Waals surface area contributed by atoms with Crippen LogP contribution >= 0.6 is 0 Å². The Hall–Kier alpha value is -3.02. The van der Waals surface area contributed by atoms with E-state index >= 15 is 0 Å². The first kappa shape index (κ1) is 26.6. The zero-order valence-electron chi connectivity index (χ0n) is 20.7.